The maximum absolute atomic E-state index is 13.8. The minimum absolute atomic E-state index is 0.0398. The lowest BCUT2D eigenvalue weighted by Gasteiger charge is -2.28. The number of carbonyl (C=O) groups is 5. The van der Waals surface area contributed by atoms with E-state index < -0.39 is 59.5 Å². The van der Waals surface area contributed by atoms with E-state index >= 15 is 0 Å². The number of halogens is 3. The first kappa shape index (κ1) is 32.8. The Balaban J connectivity index is 2.20. The lowest BCUT2D eigenvalue weighted by Crippen LogP contribution is -2.55. The van der Waals surface area contributed by atoms with Gasteiger partial charge in [0, 0.05) is 25.4 Å². The van der Waals surface area contributed by atoms with E-state index in [1.54, 1.807) is 33.8 Å². The fourth-order valence-corrected chi connectivity index (χ4v) is 4.11. The third-order valence-corrected chi connectivity index (χ3v) is 6.26. The lowest BCUT2D eigenvalue weighted by atomic mass is 9.87. The van der Waals surface area contributed by atoms with Crippen molar-refractivity contribution in [3.8, 4) is 0 Å². The first-order valence-electron chi connectivity index (χ1n) is 13.4. The molecule has 4 amide bonds. The summed E-state index contributed by atoms with van der Waals surface area (Å²) < 4.78 is 41.4. The Morgan fingerprint density at radius 2 is 1.55 bits per heavy atom. The van der Waals surface area contributed by atoms with E-state index in [2.05, 4.69) is 21.3 Å². The van der Waals surface area contributed by atoms with Crippen LogP contribution in [0.4, 0.5) is 13.2 Å². The number of nitrogens with one attached hydrogen (secondary N) is 4. The van der Waals surface area contributed by atoms with Gasteiger partial charge in [0.1, 0.15) is 6.04 Å². The monoisotopic (exact) mass is 568 g/mol. The summed E-state index contributed by atoms with van der Waals surface area (Å²) in [6, 6.07) is 4.25. The van der Waals surface area contributed by atoms with Crippen molar-refractivity contribution in [1.82, 2.24) is 21.3 Å². The largest absolute Gasteiger partial charge is 0.396 e. The predicted octanol–water partition coefficient (Wildman–Crippen LogP) is 2.89. The summed E-state index contributed by atoms with van der Waals surface area (Å²) in [4.78, 5) is 63.5. The van der Waals surface area contributed by atoms with E-state index in [0.717, 1.165) is 12.8 Å². The van der Waals surface area contributed by atoms with Crippen molar-refractivity contribution >= 4 is 29.4 Å². The van der Waals surface area contributed by atoms with E-state index in [9.17, 15) is 37.1 Å². The second-order valence-electron chi connectivity index (χ2n) is 11.3. The van der Waals surface area contributed by atoms with Gasteiger partial charge in [-0.05, 0) is 43.6 Å². The minimum Gasteiger partial charge on any atom is -0.356 e. The molecule has 2 unspecified atom stereocenters. The molecule has 0 spiro atoms. The molecular formula is C28H39F3N4O5. The Morgan fingerprint density at radius 1 is 0.925 bits per heavy atom. The fraction of sp³-hybridized carbons (Fsp3) is 0.607. The summed E-state index contributed by atoms with van der Waals surface area (Å²) in [6.07, 6.45) is -4.46. The highest BCUT2D eigenvalue weighted by atomic mass is 19.4. The number of carbonyl (C=O) groups excluding carboxylic acids is 5. The molecule has 1 fully saturated rings. The molecule has 12 heteroatoms. The molecule has 0 heterocycles. The van der Waals surface area contributed by atoms with Crippen molar-refractivity contribution in [3.05, 3.63) is 35.9 Å². The highest BCUT2D eigenvalue weighted by Crippen LogP contribution is 2.37. The maximum atomic E-state index is 13.8. The smallest absolute Gasteiger partial charge is 0.356 e. The summed E-state index contributed by atoms with van der Waals surface area (Å²) in [6.45, 7) is 7.41. The minimum atomic E-state index is -4.70. The van der Waals surface area contributed by atoms with Crippen LogP contribution >= 0.6 is 0 Å². The van der Waals surface area contributed by atoms with Crippen LogP contribution in [-0.2, 0) is 24.0 Å². The first-order valence-corrected chi connectivity index (χ1v) is 13.4. The normalized spacial score (nSPS) is 15.8. The van der Waals surface area contributed by atoms with Gasteiger partial charge in [0.25, 0.3) is 5.91 Å². The van der Waals surface area contributed by atoms with Gasteiger partial charge < -0.3 is 21.3 Å². The number of amides is 4. The van der Waals surface area contributed by atoms with Crippen molar-refractivity contribution in [2.45, 2.75) is 96.4 Å². The van der Waals surface area contributed by atoms with Crippen LogP contribution in [0.15, 0.2) is 30.3 Å². The predicted molar refractivity (Wildman–Crippen MR) is 142 cm³/mol. The van der Waals surface area contributed by atoms with Gasteiger partial charge in [-0.2, -0.15) is 13.2 Å². The topological polar surface area (TPSA) is 133 Å². The van der Waals surface area contributed by atoms with E-state index in [4.69, 9.17) is 0 Å². The van der Waals surface area contributed by atoms with Crippen LogP contribution in [0.5, 0.6) is 0 Å². The van der Waals surface area contributed by atoms with Crippen molar-refractivity contribution < 1.29 is 37.1 Å². The Bertz CT molecular complexity index is 1050. The Labute approximate surface area is 232 Å². The Hall–Kier alpha value is -3.44. The molecular weight excluding hydrogens is 529 g/mol. The van der Waals surface area contributed by atoms with Crippen LogP contribution in [0.3, 0.4) is 0 Å². The molecule has 1 aliphatic carbocycles. The molecule has 0 bridgehead atoms. The molecule has 0 radical (unpaired) electrons. The van der Waals surface area contributed by atoms with Gasteiger partial charge in [-0.1, -0.05) is 51.1 Å². The second kappa shape index (κ2) is 14.3. The number of benzene rings is 1. The van der Waals surface area contributed by atoms with Gasteiger partial charge in [-0.25, -0.2) is 0 Å². The molecule has 1 aliphatic rings. The number of hydrogen-bond acceptors (Lipinski definition) is 5. The summed E-state index contributed by atoms with van der Waals surface area (Å²) >= 11 is 0. The molecule has 1 saturated carbocycles. The van der Waals surface area contributed by atoms with Crippen LogP contribution in [-0.4, -0.2) is 60.3 Å². The van der Waals surface area contributed by atoms with E-state index in [0.29, 0.717) is 6.54 Å². The van der Waals surface area contributed by atoms with Crippen LogP contribution in [0.2, 0.25) is 0 Å². The van der Waals surface area contributed by atoms with Crippen LogP contribution in [0, 0.1) is 5.41 Å². The Kier molecular flexibility index (Phi) is 11.7. The molecule has 0 aliphatic heterocycles. The molecule has 222 valence electrons. The van der Waals surface area contributed by atoms with E-state index in [-0.39, 0.29) is 36.8 Å². The maximum Gasteiger partial charge on any atom is 0.396 e. The zero-order valence-corrected chi connectivity index (χ0v) is 23.3. The quantitative estimate of drug-likeness (QED) is 0.256. The van der Waals surface area contributed by atoms with Crippen molar-refractivity contribution in [1.29, 1.82) is 0 Å². The summed E-state index contributed by atoms with van der Waals surface area (Å²) in [5.74, 6) is -6.12. The zero-order valence-electron chi connectivity index (χ0n) is 23.3. The molecule has 1 aromatic carbocycles. The van der Waals surface area contributed by atoms with Gasteiger partial charge in [0.05, 0.1) is 12.0 Å². The molecule has 0 saturated heterocycles. The highest BCUT2D eigenvalue weighted by Gasteiger charge is 2.42. The van der Waals surface area contributed by atoms with Crippen LogP contribution in [0.1, 0.15) is 77.7 Å². The van der Waals surface area contributed by atoms with Gasteiger partial charge in [-0.15, -0.1) is 0 Å². The molecule has 40 heavy (non-hydrogen) atoms. The zero-order chi connectivity index (χ0) is 30.1. The number of rotatable bonds is 14. The van der Waals surface area contributed by atoms with E-state index in [1.807, 2.05) is 0 Å². The van der Waals surface area contributed by atoms with Crippen molar-refractivity contribution in [2.75, 3.05) is 6.54 Å². The second-order valence-corrected chi connectivity index (χ2v) is 11.3. The van der Waals surface area contributed by atoms with Gasteiger partial charge in [-0.3, -0.25) is 24.0 Å². The van der Waals surface area contributed by atoms with Crippen LogP contribution in [0.25, 0.3) is 0 Å². The molecule has 1 aromatic rings. The van der Waals surface area contributed by atoms with Crippen molar-refractivity contribution in [2.24, 2.45) is 5.41 Å². The fourth-order valence-electron chi connectivity index (χ4n) is 4.11. The van der Waals surface area contributed by atoms with Gasteiger partial charge in [0.15, 0.2) is 0 Å². The Morgan fingerprint density at radius 3 is 2.08 bits per heavy atom. The standard InChI is InChI=1S/C28H39F3N4O5/c1-5-32-22(36)14-13-20(24(38)26(40)33-18-11-12-18)35-25(39)21(16-27(2,3)4)34-23(37)15-19(28(29,30)31)17-9-7-6-8-10-17/h6-10,18-21H,5,11-16H2,1-4H3,(H,32,36)(H,33,40)(H,34,37)(H,35,39)/t19?,20?,21-/m0/s1. The van der Waals surface area contributed by atoms with Gasteiger partial charge in [0.2, 0.25) is 23.5 Å². The molecule has 9 nitrogen and oxygen atoms in total. The third-order valence-electron chi connectivity index (χ3n) is 6.26. The third kappa shape index (κ3) is 11.4. The lowest BCUT2D eigenvalue weighted by molar-refractivity contribution is -0.157. The number of hydrogen-bond donors (Lipinski definition) is 4. The average molecular weight is 569 g/mol. The summed E-state index contributed by atoms with van der Waals surface area (Å²) in [5.41, 5.74) is -0.623. The van der Waals surface area contributed by atoms with Gasteiger partial charge >= 0.3 is 6.18 Å². The first-order chi connectivity index (χ1) is 18.6. The van der Waals surface area contributed by atoms with Crippen molar-refractivity contribution in [3.63, 3.8) is 0 Å². The van der Waals surface area contributed by atoms with Crippen LogP contribution < -0.4 is 21.3 Å². The summed E-state index contributed by atoms with van der Waals surface area (Å²) in [5, 5.41) is 10.0. The highest BCUT2D eigenvalue weighted by molar-refractivity contribution is 6.38. The molecule has 2 rings (SSSR count). The van der Waals surface area contributed by atoms with E-state index in [1.165, 1.54) is 24.3 Å². The SMILES string of the molecule is CCNC(=O)CCC(NC(=O)[C@H](CC(C)(C)C)NC(=O)CC(c1ccccc1)C(F)(F)F)C(=O)C(=O)NC1CC1. The molecule has 3 atom stereocenters. The molecule has 4 N–H and O–H groups in total. The number of alkyl halides is 3. The number of ketones is 1. The average Bonchev–Trinajstić information content (AvgIpc) is 3.67. The summed E-state index contributed by atoms with van der Waals surface area (Å²) in [7, 11) is 0. The molecule has 0 aromatic heterocycles. The number of Topliss-reactive ketones (excluding diaryl/α,β-unsaturated/α-hetero) is 1.